The van der Waals surface area contributed by atoms with Crippen LogP contribution in [0.25, 0.3) is 0 Å². The average molecular weight is 229 g/mol. The summed E-state index contributed by atoms with van der Waals surface area (Å²) in [6.07, 6.45) is 4.75. The third kappa shape index (κ3) is 3.45. The van der Waals surface area contributed by atoms with Crippen molar-refractivity contribution < 1.29 is 4.79 Å². The van der Waals surface area contributed by atoms with Crippen LogP contribution in [0.1, 0.15) is 17.8 Å². The number of nitrogens with one attached hydrogen (secondary N) is 2. The van der Waals surface area contributed by atoms with E-state index in [1.165, 1.54) is 0 Å². The second-order valence-electron chi connectivity index (χ2n) is 3.93. The van der Waals surface area contributed by atoms with Crippen LogP contribution in [0.5, 0.6) is 0 Å². The number of anilines is 1. The Morgan fingerprint density at radius 3 is 3.06 bits per heavy atom. The summed E-state index contributed by atoms with van der Waals surface area (Å²) in [5.74, 6) is 0.0187. The van der Waals surface area contributed by atoms with Gasteiger partial charge in [0.05, 0.1) is 0 Å². The van der Waals surface area contributed by atoms with Crippen molar-refractivity contribution in [2.24, 2.45) is 0 Å². The van der Waals surface area contributed by atoms with Gasteiger partial charge < -0.3 is 10.3 Å². The quantitative estimate of drug-likeness (QED) is 0.845. The van der Waals surface area contributed by atoms with E-state index in [1.807, 2.05) is 31.3 Å². The van der Waals surface area contributed by atoms with Gasteiger partial charge in [-0.1, -0.05) is 0 Å². The van der Waals surface area contributed by atoms with Crippen LogP contribution in [0.2, 0.25) is 0 Å². The zero-order valence-corrected chi connectivity index (χ0v) is 9.73. The first-order valence-electron chi connectivity index (χ1n) is 5.59. The first-order valence-corrected chi connectivity index (χ1v) is 5.59. The number of pyridine rings is 1. The lowest BCUT2D eigenvalue weighted by Crippen LogP contribution is -2.12. The Balaban J connectivity index is 1.85. The summed E-state index contributed by atoms with van der Waals surface area (Å²) in [6.45, 7) is 1.90. The molecule has 0 saturated carbocycles. The summed E-state index contributed by atoms with van der Waals surface area (Å²) in [5.41, 5.74) is 2.77. The van der Waals surface area contributed by atoms with Gasteiger partial charge in [0.1, 0.15) is 0 Å². The topological polar surface area (TPSA) is 57.8 Å². The number of hydrogen-bond donors (Lipinski definition) is 2. The first kappa shape index (κ1) is 11.4. The number of H-pyrrole nitrogens is 1. The van der Waals surface area contributed by atoms with Gasteiger partial charge in [-0.3, -0.25) is 9.78 Å². The summed E-state index contributed by atoms with van der Waals surface area (Å²) < 4.78 is 0. The minimum atomic E-state index is 0.0187. The minimum Gasteiger partial charge on any atom is -0.365 e. The monoisotopic (exact) mass is 229 g/mol. The van der Waals surface area contributed by atoms with Crippen molar-refractivity contribution in [2.45, 2.75) is 19.8 Å². The van der Waals surface area contributed by atoms with E-state index in [-0.39, 0.29) is 5.91 Å². The molecule has 2 N–H and O–H groups in total. The van der Waals surface area contributed by atoms with E-state index in [0.29, 0.717) is 6.42 Å². The molecule has 0 aliphatic rings. The van der Waals surface area contributed by atoms with Gasteiger partial charge in [-0.2, -0.15) is 0 Å². The maximum atomic E-state index is 11.7. The fraction of sp³-hybridized carbons (Fsp3) is 0.231. The molecule has 0 atom stereocenters. The van der Waals surface area contributed by atoms with Gasteiger partial charge in [-0.05, 0) is 37.6 Å². The lowest BCUT2D eigenvalue weighted by molar-refractivity contribution is -0.116. The van der Waals surface area contributed by atoms with Gasteiger partial charge in [0.15, 0.2) is 0 Å². The third-order valence-electron chi connectivity index (χ3n) is 2.46. The summed E-state index contributed by atoms with van der Waals surface area (Å²) in [6, 6.07) is 7.55. The van der Waals surface area contributed by atoms with Crippen LogP contribution in [0, 0.1) is 6.92 Å². The molecule has 0 radical (unpaired) electrons. The number of rotatable bonds is 4. The van der Waals surface area contributed by atoms with Crippen molar-refractivity contribution in [3.05, 3.63) is 48.0 Å². The van der Waals surface area contributed by atoms with Gasteiger partial charge in [0.25, 0.3) is 0 Å². The highest BCUT2D eigenvalue weighted by molar-refractivity contribution is 5.90. The lowest BCUT2D eigenvalue weighted by atomic mass is 10.2. The van der Waals surface area contributed by atoms with Crippen molar-refractivity contribution >= 4 is 11.6 Å². The number of aromatic amines is 1. The molecule has 0 fully saturated rings. The number of hydrogen-bond acceptors (Lipinski definition) is 2. The summed E-state index contributed by atoms with van der Waals surface area (Å²) in [4.78, 5) is 18.8. The second kappa shape index (κ2) is 5.30. The van der Waals surface area contributed by atoms with Crippen LogP contribution >= 0.6 is 0 Å². The Kier molecular flexibility index (Phi) is 3.55. The van der Waals surface area contributed by atoms with Crippen LogP contribution in [-0.2, 0) is 11.2 Å². The number of aromatic nitrogens is 2. The largest absolute Gasteiger partial charge is 0.365 e. The van der Waals surface area contributed by atoms with Crippen LogP contribution < -0.4 is 5.32 Å². The van der Waals surface area contributed by atoms with E-state index in [9.17, 15) is 4.79 Å². The molecular weight excluding hydrogens is 214 g/mol. The zero-order chi connectivity index (χ0) is 12.1. The Morgan fingerprint density at radius 1 is 1.47 bits per heavy atom. The molecule has 2 heterocycles. The Morgan fingerprint density at radius 2 is 2.35 bits per heavy atom. The highest BCUT2D eigenvalue weighted by atomic mass is 16.1. The van der Waals surface area contributed by atoms with E-state index in [1.54, 1.807) is 12.3 Å². The SMILES string of the molecule is Cc1cc(NC(=O)CCc2ccc[nH]2)ccn1. The number of nitrogens with zero attached hydrogens (tertiary/aromatic N) is 1. The van der Waals surface area contributed by atoms with Crippen LogP contribution in [0.3, 0.4) is 0 Å². The smallest absolute Gasteiger partial charge is 0.224 e. The Labute approximate surface area is 100 Å². The molecule has 1 amide bonds. The molecule has 2 aromatic heterocycles. The third-order valence-corrected chi connectivity index (χ3v) is 2.46. The van der Waals surface area contributed by atoms with Gasteiger partial charge in [0.2, 0.25) is 5.91 Å². The highest BCUT2D eigenvalue weighted by Gasteiger charge is 2.03. The van der Waals surface area contributed by atoms with Gasteiger partial charge >= 0.3 is 0 Å². The summed E-state index contributed by atoms with van der Waals surface area (Å²) >= 11 is 0. The number of aryl methyl sites for hydroxylation is 2. The summed E-state index contributed by atoms with van der Waals surface area (Å²) in [7, 11) is 0. The zero-order valence-electron chi connectivity index (χ0n) is 9.73. The van der Waals surface area contributed by atoms with Crippen LogP contribution in [0.15, 0.2) is 36.7 Å². The molecule has 0 unspecified atom stereocenters. The Bertz CT molecular complexity index is 491. The molecule has 17 heavy (non-hydrogen) atoms. The van der Waals surface area contributed by atoms with Crippen LogP contribution in [-0.4, -0.2) is 15.9 Å². The molecule has 0 saturated heterocycles. The molecule has 0 aliphatic carbocycles. The number of carbonyl (C=O) groups excluding carboxylic acids is 1. The molecule has 0 aliphatic heterocycles. The molecule has 88 valence electrons. The van der Waals surface area contributed by atoms with Gasteiger partial charge in [0, 0.05) is 35.9 Å². The lowest BCUT2D eigenvalue weighted by Gasteiger charge is -2.04. The van der Waals surface area contributed by atoms with Crippen molar-refractivity contribution in [3.63, 3.8) is 0 Å². The number of amides is 1. The molecule has 2 aromatic rings. The van der Waals surface area contributed by atoms with E-state index < -0.39 is 0 Å². The predicted molar refractivity (Wildman–Crippen MR) is 66.7 cm³/mol. The molecular formula is C13H15N3O. The van der Waals surface area contributed by atoms with Gasteiger partial charge in [-0.25, -0.2) is 0 Å². The fourth-order valence-corrected chi connectivity index (χ4v) is 1.62. The van der Waals surface area contributed by atoms with Crippen molar-refractivity contribution in [1.29, 1.82) is 0 Å². The summed E-state index contributed by atoms with van der Waals surface area (Å²) in [5, 5.41) is 2.85. The van der Waals surface area contributed by atoms with Crippen molar-refractivity contribution in [1.82, 2.24) is 9.97 Å². The Hall–Kier alpha value is -2.10. The minimum absolute atomic E-state index is 0.0187. The molecule has 4 heteroatoms. The van der Waals surface area contributed by atoms with E-state index >= 15 is 0 Å². The fourth-order valence-electron chi connectivity index (χ4n) is 1.62. The first-order chi connectivity index (χ1) is 8.24. The highest BCUT2D eigenvalue weighted by Crippen LogP contribution is 2.08. The van der Waals surface area contributed by atoms with Crippen molar-refractivity contribution in [3.8, 4) is 0 Å². The molecule has 4 nitrogen and oxygen atoms in total. The molecule has 0 aromatic carbocycles. The van der Waals surface area contributed by atoms with E-state index in [4.69, 9.17) is 0 Å². The maximum Gasteiger partial charge on any atom is 0.224 e. The normalized spacial score (nSPS) is 10.2. The molecule has 0 bridgehead atoms. The second-order valence-corrected chi connectivity index (χ2v) is 3.93. The van der Waals surface area contributed by atoms with Gasteiger partial charge in [-0.15, -0.1) is 0 Å². The van der Waals surface area contributed by atoms with Crippen molar-refractivity contribution in [2.75, 3.05) is 5.32 Å². The standard InChI is InChI=1S/C13H15N3O/c1-10-9-12(6-8-14-10)16-13(17)5-4-11-3-2-7-15-11/h2-3,6-9,15H,4-5H2,1H3,(H,14,16,17). The van der Waals surface area contributed by atoms with Crippen LogP contribution in [0.4, 0.5) is 5.69 Å². The predicted octanol–water partition coefficient (Wildman–Crippen LogP) is 2.29. The number of carbonyl (C=O) groups is 1. The average Bonchev–Trinajstić information content (AvgIpc) is 2.79. The van der Waals surface area contributed by atoms with E-state index in [0.717, 1.165) is 23.5 Å². The maximum absolute atomic E-state index is 11.7. The molecule has 0 spiro atoms. The molecule has 2 rings (SSSR count). The van der Waals surface area contributed by atoms with E-state index in [2.05, 4.69) is 15.3 Å².